The summed E-state index contributed by atoms with van der Waals surface area (Å²) < 4.78 is 42.2. The number of benzene rings is 2. The summed E-state index contributed by atoms with van der Waals surface area (Å²) in [5, 5.41) is 5.07. The fraction of sp³-hybridized carbons (Fsp3) is 0.364. The number of H-pyrrole nitrogens is 1. The van der Waals surface area contributed by atoms with Crippen LogP contribution >= 0.6 is 7.14 Å². The minimum Gasteiger partial charge on any atom is -0.318 e. The monoisotopic (exact) mass is 449 g/mol. The van der Waals surface area contributed by atoms with Gasteiger partial charge in [-0.3, -0.25) is 9.69 Å². The van der Waals surface area contributed by atoms with Gasteiger partial charge in [0.2, 0.25) is 0 Å². The van der Waals surface area contributed by atoms with Gasteiger partial charge in [0.05, 0.1) is 26.8 Å². The Morgan fingerprint density at radius 2 is 1.78 bits per heavy atom. The predicted molar refractivity (Wildman–Crippen MR) is 123 cm³/mol. The molecule has 1 saturated carbocycles. The molecule has 4 radical (unpaired) electrons. The number of halogens is 2. The number of rotatable bonds is 4. The number of nitrogens with one attached hydrogen (secondary N) is 1. The number of hydrogen-bond donors (Lipinski definition) is 1. The molecule has 0 amide bonds. The van der Waals surface area contributed by atoms with Crippen LogP contribution in [0.3, 0.4) is 0 Å². The molecule has 32 heavy (non-hydrogen) atoms. The van der Waals surface area contributed by atoms with Gasteiger partial charge in [-0.25, -0.2) is 13.9 Å². The molecule has 160 valence electrons. The lowest BCUT2D eigenvalue weighted by Crippen LogP contribution is -2.39. The van der Waals surface area contributed by atoms with E-state index in [-0.39, 0.29) is 21.8 Å². The summed E-state index contributed by atoms with van der Waals surface area (Å²) in [4.78, 5) is 14.4. The van der Waals surface area contributed by atoms with Gasteiger partial charge in [-0.1, -0.05) is 11.6 Å². The number of aromatic nitrogens is 2. The fourth-order valence-electron chi connectivity index (χ4n) is 4.52. The number of nitrogens with zero attached hydrogens (tertiary/aromatic N) is 2. The SMILES string of the molecule is [B]C([B])(c1ccc(F)c(P2(=O)CCN(C3CC3)CC2)c1)c1n[nH]c(=O)c2cc(F)ccc12. The molecule has 0 bridgehead atoms. The lowest BCUT2D eigenvalue weighted by molar-refractivity contribution is 0.285. The maximum atomic E-state index is 14.8. The van der Waals surface area contributed by atoms with Gasteiger partial charge in [0.15, 0.2) is 0 Å². The van der Waals surface area contributed by atoms with Crippen LogP contribution in [0.4, 0.5) is 8.78 Å². The molecule has 10 heteroatoms. The number of aromatic amines is 1. The Labute approximate surface area is 186 Å². The summed E-state index contributed by atoms with van der Waals surface area (Å²) in [7, 11) is 9.95. The van der Waals surface area contributed by atoms with E-state index in [2.05, 4.69) is 15.1 Å². The molecule has 1 aliphatic carbocycles. The maximum absolute atomic E-state index is 14.8. The molecule has 5 nitrogen and oxygen atoms in total. The zero-order chi connectivity index (χ0) is 22.7. The molecule has 1 aliphatic heterocycles. The van der Waals surface area contributed by atoms with Crippen molar-refractivity contribution in [2.24, 2.45) is 0 Å². The van der Waals surface area contributed by atoms with Gasteiger partial charge >= 0.3 is 0 Å². The summed E-state index contributed by atoms with van der Waals surface area (Å²) in [6.45, 7) is 1.36. The Kier molecular flexibility index (Phi) is 5.18. The van der Waals surface area contributed by atoms with Crippen LogP contribution in [0.1, 0.15) is 24.1 Å². The van der Waals surface area contributed by atoms with Crippen LogP contribution in [0.2, 0.25) is 0 Å². The number of hydrogen-bond acceptors (Lipinski definition) is 4. The van der Waals surface area contributed by atoms with Gasteiger partial charge in [0.25, 0.3) is 5.56 Å². The second-order valence-electron chi connectivity index (χ2n) is 8.73. The van der Waals surface area contributed by atoms with E-state index >= 15 is 0 Å². The van der Waals surface area contributed by atoms with Crippen molar-refractivity contribution in [1.29, 1.82) is 0 Å². The highest BCUT2D eigenvalue weighted by molar-refractivity contribution is 7.71. The molecular weight excluding hydrogens is 429 g/mol. The molecule has 1 aromatic heterocycles. The molecule has 0 spiro atoms. The first-order valence-electron chi connectivity index (χ1n) is 10.6. The molecule has 2 fully saturated rings. The van der Waals surface area contributed by atoms with Gasteiger partial charge in [-0.05, 0) is 48.4 Å². The van der Waals surface area contributed by atoms with E-state index in [1.165, 1.54) is 43.2 Å². The van der Waals surface area contributed by atoms with Crippen molar-refractivity contribution in [3.8, 4) is 0 Å². The van der Waals surface area contributed by atoms with E-state index in [1.54, 1.807) is 0 Å². The molecule has 5 rings (SSSR count). The Morgan fingerprint density at radius 1 is 1.06 bits per heavy atom. The lowest BCUT2D eigenvalue weighted by atomic mass is 9.49. The molecule has 3 aromatic rings. The third-order valence-electron chi connectivity index (χ3n) is 6.57. The predicted octanol–water partition coefficient (Wildman–Crippen LogP) is 2.21. The van der Waals surface area contributed by atoms with E-state index in [1.807, 2.05) is 0 Å². The molecule has 0 atom stereocenters. The molecule has 2 aromatic carbocycles. The van der Waals surface area contributed by atoms with E-state index < -0.39 is 29.5 Å². The Bertz CT molecular complexity index is 1310. The van der Waals surface area contributed by atoms with Gasteiger partial charge < -0.3 is 4.57 Å². The highest BCUT2D eigenvalue weighted by atomic mass is 31.2. The third kappa shape index (κ3) is 3.65. The van der Waals surface area contributed by atoms with E-state index in [9.17, 15) is 18.1 Å². The average molecular weight is 449 g/mol. The van der Waals surface area contributed by atoms with Gasteiger partial charge in [-0.15, -0.1) is 0 Å². The second-order valence-corrected chi connectivity index (χ2v) is 11.9. The van der Waals surface area contributed by atoms with Crippen LogP contribution in [0.5, 0.6) is 0 Å². The normalized spacial score (nSPS) is 19.3. The molecule has 2 heterocycles. The molecular formula is C22H20B2F2N3O2P. The quantitative estimate of drug-likeness (QED) is 0.491. The van der Waals surface area contributed by atoms with E-state index in [4.69, 9.17) is 15.7 Å². The summed E-state index contributed by atoms with van der Waals surface area (Å²) in [5.74, 6) is -1.13. The van der Waals surface area contributed by atoms with Crippen molar-refractivity contribution < 1.29 is 13.3 Å². The molecule has 1 N–H and O–H groups in total. The Morgan fingerprint density at radius 3 is 2.47 bits per heavy atom. The standard InChI is InChI=1S/C22H20B2F2N3O2P/c23-22(24,20-16-5-2-14(25)12-17(16)21(30)28-27-20)13-1-6-18(26)19(11-13)32(31)9-7-29(8-10-32)15-3-4-15/h1-2,5-6,11-12,15H,3-4,7-10H2,(H,28,30). The summed E-state index contributed by atoms with van der Waals surface area (Å²) in [5.41, 5.74) is -0.170. The van der Waals surface area contributed by atoms with Crippen molar-refractivity contribution in [2.45, 2.75) is 24.1 Å². The van der Waals surface area contributed by atoms with Crippen LogP contribution in [-0.2, 0) is 9.78 Å². The van der Waals surface area contributed by atoms with Crippen LogP contribution < -0.4 is 10.9 Å². The number of fused-ring (bicyclic) bond motifs is 1. The van der Waals surface area contributed by atoms with Crippen molar-refractivity contribution in [3.63, 3.8) is 0 Å². The summed E-state index contributed by atoms with van der Waals surface area (Å²) in [6.07, 6.45) is 3.15. The average Bonchev–Trinajstić information content (AvgIpc) is 3.60. The minimum absolute atomic E-state index is 0.0536. The fourth-order valence-corrected chi connectivity index (χ4v) is 7.23. The van der Waals surface area contributed by atoms with Gasteiger partial charge in [0.1, 0.15) is 18.8 Å². The Hall–Kier alpha value is -2.24. The first kappa shape index (κ1) is 21.6. The first-order chi connectivity index (χ1) is 15.2. The van der Waals surface area contributed by atoms with Crippen molar-refractivity contribution >= 4 is 38.9 Å². The van der Waals surface area contributed by atoms with E-state index in [0.29, 0.717) is 37.0 Å². The van der Waals surface area contributed by atoms with Crippen molar-refractivity contribution in [2.75, 3.05) is 25.4 Å². The van der Waals surface area contributed by atoms with E-state index in [0.717, 1.165) is 6.07 Å². The van der Waals surface area contributed by atoms with Crippen molar-refractivity contribution in [3.05, 3.63) is 69.6 Å². The maximum Gasteiger partial charge on any atom is 0.272 e. The topological polar surface area (TPSA) is 66.1 Å². The third-order valence-corrected chi connectivity index (χ3v) is 9.63. The van der Waals surface area contributed by atoms with Crippen LogP contribution in [0.25, 0.3) is 10.8 Å². The van der Waals surface area contributed by atoms with Gasteiger partial charge in [-0.2, -0.15) is 5.10 Å². The minimum atomic E-state index is -2.96. The van der Waals surface area contributed by atoms with Crippen molar-refractivity contribution in [1.82, 2.24) is 15.1 Å². The van der Waals surface area contributed by atoms with Crippen LogP contribution in [-0.4, -0.2) is 62.2 Å². The smallest absolute Gasteiger partial charge is 0.272 e. The summed E-state index contributed by atoms with van der Waals surface area (Å²) >= 11 is 0. The van der Waals surface area contributed by atoms with Crippen LogP contribution in [0, 0.1) is 11.6 Å². The summed E-state index contributed by atoms with van der Waals surface area (Å²) in [6, 6.07) is 8.34. The Balaban J connectivity index is 1.56. The van der Waals surface area contributed by atoms with Crippen LogP contribution in [0.15, 0.2) is 41.2 Å². The highest BCUT2D eigenvalue weighted by Crippen LogP contribution is 2.49. The zero-order valence-corrected chi connectivity index (χ0v) is 18.2. The highest BCUT2D eigenvalue weighted by Gasteiger charge is 2.38. The second kappa shape index (κ2) is 7.67. The first-order valence-corrected chi connectivity index (χ1v) is 12.7. The largest absolute Gasteiger partial charge is 0.318 e. The van der Waals surface area contributed by atoms with Gasteiger partial charge in [0, 0.05) is 42.1 Å². The molecule has 2 aliphatic rings. The lowest BCUT2D eigenvalue weighted by Gasteiger charge is -2.33. The molecule has 1 saturated heterocycles. The zero-order valence-electron chi connectivity index (χ0n) is 17.4. The molecule has 0 unspecified atom stereocenters.